The molecule has 1 aliphatic heterocycles. The van der Waals surface area contributed by atoms with Gasteiger partial charge in [-0.15, -0.1) is 4.68 Å². The number of likely N-dealkylation sites (tertiary alicyclic amines) is 1. The summed E-state index contributed by atoms with van der Waals surface area (Å²) in [4.78, 5) is 36.2. The van der Waals surface area contributed by atoms with Crippen LogP contribution >= 0.6 is 0 Å². The molecule has 0 atom stereocenters. The number of nitrogens with one attached hydrogen (secondary N) is 2. The van der Waals surface area contributed by atoms with Gasteiger partial charge in [-0.05, 0) is 12.5 Å². The second-order valence-electron chi connectivity index (χ2n) is 7.21. The van der Waals surface area contributed by atoms with Crippen molar-refractivity contribution in [3.8, 4) is 11.3 Å². The zero-order chi connectivity index (χ0) is 20.7. The Hall–Kier alpha value is -4.01. The zero-order valence-corrected chi connectivity index (χ0v) is 16.4. The molecule has 1 aliphatic rings. The Labute approximate surface area is 172 Å². The lowest BCUT2D eigenvalue weighted by Crippen LogP contribution is -2.44. The number of hydrogen-bond acceptors (Lipinski definition) is 4. The van der Waals surface area contributed by atoms with Crippen molar-refractivity contribution in [1.29, 1.82) is 0 Å². The number of aromatic amines is 1. The minimum absolute atomic E-state index is 0.146. The summed E-state index contributed by atoms with van der Waals surface area (Å²) in [5.41, 5.74) is 2.40. The van der Waals surface area contributed by atoms with Crippen LogP contribution in [0.25, 0.3) is 17.0 Å². The molecule has 150 valence electrons. The topological polar surface area (TPSA) is 99.3 Å². The van der Waals surface area contributed by atoms with Crippen LogP contribution in [0.2, 0.25) is 0 Å². The molecule has 0 saturated carbocycles. The van der Waals surface area contributed by atoms with Crippen LogP contribution in [0.1, 0.15) is 27.3 Å². The molecule has 0 bridgehead atoms. The summed E-state index contributed by atoms with van der Waals surface area (Å²) in [6, 6.07) is 11.5. The molecular weight excluding hydrogens is 382 g/mol. The molecule has 0 unspecified atom stereocenters. The normalized spacial score (nSPS) is 13.3. The van der Waals surface area contributed by atoms with Gasteiger partial charge < -0.3 is 10.2 Å². The Morgan fingerprint density at radius 3 is 2.67 bits per heavy atom. The van der Waals surface area contributed by atoms with Crippen LogP contribution in [-0.4, -0.2) is 49.3 Å². The van der Waals surface area contributed by atoms with E-state index in [-0.39, 0.29) is 11.6 Å². The molecule has 9 nitrogen and oxygen atoms in total. The van der Waals surface area contributed by atoms with Crippen LogP contribution in [0, 0.1) is 0 Å². The van der Waals surface area contributed by atoms with Crippen LogP contribution in [0.4, 0.5) is 5.82 Å². The van der Waals surface area contributed by atoms with Gasteiger partial charge in [0.05, 0.1) is 11.9 Å². The first-order valence-electron chi connectivity index (χ1n) is 9.69. The van der Waals surface area contributed by atoms with Crippen molar-refractivity contribution in [2.24, 2.45) is 7.05 Å². The highest BCUT2D eigenvalue weighted by atomic mass is 16.2. The Balaban J connectivity index is 1.41. The van der Waals surface area contributed by atoms with Crippen LogP contribution < -0.4 is 10.00 Å². The summed E-state index contributed by atoms with van der Waals surface area (Å²) < 4.78 is 3.33. The van der Waals surface area contributed by atoms with E-state index < -0.39 is 5.91 Å². The highest BCUT2D eigenvalue weighted by molar-refractivity contribution is 6.09. The molecule has 2 N–H and O–H groups in total. The van der Waals surface area contributed by atoms with Crippen molar-refractivity contribution >= 4 is 23.4 Å². The predicted octanol–water partition coefficient (Wildman–Crippen LogP) is 1.65. The smallest absolute Gasteiger partial charge is 0.324 e. The third kappa shape index (κ3) is 3.10. The summed E-state index contributed by atoms with van der Waals surface area (Å²) in [6.45, 7) is 1.44. The summed E-state index contributed by atoms with van der Waals surface area (Å²) in [5.74, 6) is 0.282. The SMILES string of the molecule is C[n+]1[nH]cc(C(=O)N2CCC2)c1C(=O)Nc1ccn2cc(-c3ccccc3)nc2n1. The molecule has 5 rings (SSSR count). The van der Waals surface area contributed by atoms with Crippen molar-refractivity contribution in [2.75, 3.05) is 18.4 Å². The molecule has 4 aromatic rings. The van der Waals surface area contributed by atoms with E-state index in [4.69, 9.17) is 0 Å². The van der Waals surface area contributed by atoms with E-state index in [1.54, 1.807) is 34.8 Å². The highest BCUT2D eigenvalue weighted by Crippen LogP contribution is 2.19. The van der Waals surface area contributed by atoms with E-state index in [9.17, 15) is 9.59 Å². The van der Waals surface area contributed by atoms with Gasteiger partial charge in [0.1, 0.15) is 11.4 Å². The van der Waals surface area contributed by atoms with Crippen molar-refractivity contribution in [1.82, 2.24) is 24.4 Å². The molecule has 3 aromatic heterocycles. The number of hydrogen-bond donors (Lipinski definition) is 2. The number of rotatable bonds is 4. The van der Waals surface area contributed by atoms with E-state index in [0.717, 1.165) is 30.8 Å². The lowest BCUT2D eigenvalue weighted by atomic mass is 10.1. The van der Waals surface area contributed by atoms with Crippen molar-refractivity contribution in [3.05, 3.63) is 66.2 Å². The van der Waals surface area contributed by atoms with Crippen LogP contribution in [0.5, 0.6) is 0 Å². The highest BCUT2D eigenvalue weighted by Gasteiger charge is 2.33. The second kappa shape index (κ2) is 7.11. The van der Waals surface area contributed by atoms with E-state index in [1.807, 2.05) is 36.5 Å². The lowest BCUT2D eigenvalue weighted by molar-refractivity contribution is -0.728. The molecular formula is C21H20N7O2+. The first-order valence-corrected chi connectivity index (χ1v) is 9.69. The van der Waals surface area contributed by atoms with Crippen molar-refractivity contribution < 1.29 is 14.3 Å². The first-order chi connectivity index (χ1) is 14.6. The summed E-state index contributed by atoms with van der Waals surface area (Å²) in [6.07, 6.45) is 6.23. The molecule has 9 heteroatoms. The minimum atomic E-state index is -0.408. The average Bonchev–Trinajstić information content (AvgIpc) is 3.30. The Bertz CT molecular complexity index is 1260. The van der Waals surface area contributed by atoms with Gasteiger partial charge in [-0.3, -0.25) is 14.0 Å². The molecule has 0 radical (unpaired) electrons. The molecule has 30 heavy (non-hydrogen) atoms. The number of benzene rings is 1. The zero-order valence-electron chi connectivity index (χ0n) is 16.4. The van der Waals surface area contributed by atoms with E-state index >= 15 is 0 Å². The summed E-state index contributed by atoms with van der Waals surface area (Å²) in [5, 5.41) is 5.69. The van der Waals surface area contributed by atoms with Gasteiger partial charge in [-0.2, -0.15) is 10.1 Å². The monoisotopic (exact) mass is 402 g/mol. The average molecular weight is 402 g/mol. The van der Waals surface area contributed by atoms with Crippen LogP contribution in [-0.2, 0) is 7.05 Å². The number of amides is 2. The first kappa shape index (κ1) is 18.0. The Morgan fingerprint density at radius 1 is 1.13 bits per heavy atom. The van der Waals surface area contributed by atoms with Gasteiger partial charge in [-0.25, -0.2) is 4.98 Å². The number of imidazole rings is 1. The molecule has 4 heterocycles. The maximum absolute atomic E-state index is 12.9. The van der Waals surface area contributed by atoms with Crippen molar-refractivity contribution in [2.45, 2.75) is 6.42 Å². The Morgan fingerprint density at radius 2 is 1.93 bits per heavy atom. The van der Waals surface area contributed by atoms with Gasteiger partial charge in [-0.1, -0.05) is 30.3 Å². The quantitative estimate of drug-likeness (QED) is 0.507. The number of nitrogens with zero attached hydrogens (tertiary/aromatic N) is 5. The fraction of sp³-hybridized carbons (Fsp3) is 0.190. The molecule has 1 aromatic carbocycles. The van der Waals surface area contributed by atoms with E-state index in [2.05, 4.69) is 20.4 Å². The fourth-order valence-electron chi connectivity index (χ4n) is 3.47. The number of aromatic nitrogens is 5. The Kier molecular flexibility index (Phi) is 4.27. The van der Waals surface area contributed by atoms with E-state index in [0.29, 0.717) is 17.2 Å². The second-order valence-corrected chi connectivity index (χ2v) is 7.21. The van der Waals surface area contributed by atoms with E-state index in [1.165, 1.54) is 4.68 Å². The van der Waals surface area contributed by atoms with Gasteiger partial charge in [0.25, 0.3) is 5.91 Å². The number of anilines is 1. The number of carbonyl (C=O) groups is 2. The largest absolute Gasteiger partial charge is 0.338 e. The number of carbonyl (C=O) groups excluding carboxylic acids is 2. The lowest BCUT2D eigenvalue weighted by Gasteiger charge is -2.30. The van der Waals surface area contributed by atoms with Gasteiger partial charge in [0.2, 0.25) is 5.78 Å². The molecule has 1 saturated heterocycles. The third-order valence-electron chi connectivity index (χ3n) is 5.22. The predicted molar refractivity (Wildman–Crippen MR) is 109 cm³/mol. The maximum atomic E-state index is 12.9. The van der Waals surface area contributed by atoms with Crippen LogP contribution in [0.3, 0.4) is 0 Å². The number of aryl methyl sites for hydroxylation is 1. The molecule has 0 spiro atoms. The number of H-pyrrole nitrogens is 1. The fourth-order valence-corrected chi connectivity index (χ4v) is 3.47. The van der Waals surface area contributed by atoms with Crippen LogP contribution in [0.15, 0.2) is 55.0 Å². The minimum Gasteiger partial charge on any atom is -0.338 e. The molecule has 1 fully saturated rings. The van der Waals surface area contributed by atoms with Gasteiger partial charge in [0, 0.05) is 31.0 Å². The summed E-state index contributed by atoms with van der Waals surface area (Å²) in [7, 11) is 1.69. The van der Waals surface area contributed by atoms with Gasteiger partial charge >= 0.3 is 11.6 Å². The summed E-state index contributed by atoms with van der Waals surface area (Å²) >= 11 is 0. The number of fused-ring (bicyclic) bond motifs is 1. The molecule has 2 amide bonds. The van der Waals surface area contributed by atoms with Crippen molar-refractivity contribution in [3.63, 3.8) is 0 Å². The third-order valence-corrected chi connectivity index (χ3v) is 5.22. The maximum Gasteiger partial charge on any atom is 0.324 e. The standard InChI is InChI=1S/C21H19N7O2/c1-26-18(15(12-22-26)20(30)27-9-5-10-27)19(29)24-17-8-11-28-13-16(23-21(28)25-17)14-6-3-2-4-7-14/h2-4,6-8,11-13H,5,9-10H2,1H3,(H,23,24,25,29)/p+1. The molecule has 0 aliphatic carbocycles. The van der Waals surface area contributed by atoms with Gasteiger partial charge in [0.15, 0.2) is 7.05 Å².